The summed E-state index contributed by atoms with van der Waals surface area (Å²) < 4.78 is 5.69. The number of pyridine rings is 1. The van der Waals surface area contributed by atoms with Crippen molar-refractivity contribution in [1.82, 2.24) is 15.2 Å². The van der Waals surface area contributed by atoms with E-state index in [-0.39, 0.29) is 18.4 Å². The number of aryl methyl sites for hydroxylation is 1. The van der Waals surface area contributed by atoms with Gasteiger partial charge in [0.2, 0.25) is 5.91 Å². The monoisotopic (exact) mass is 381 g/mol. The lowest BCUT2D eigenvalue weighted by Crippen LogP contribution is -2.53. The number of nitrogens with zero attached hydrogens (tertiary/aromatic N) is 2. The lowest BCUT2D eigenvalue weighted by atomic mass is 10.00. The van der Waals surface area contributed by atoms with E-state index in [1.807, 2.05) is 17.9 Å². The van der Waals surface area contributed by atoms with Gasteiger partial charge in [0.15, 0.2) is 6.10 Å². The predicted molar refractivity (Wildman–Crippen MR) is 106 cm³/mol. The molecule has 2 atom stereocenters. The van der Waals surface area contributed by atoms with Crippen LogP contribution in [-0.2, 0) is 27.3 Å². The molecule has 6 heteroatoms. The van der Waals surface area contributed by atoms with E-state index in [1.165, 1.54) is 5.56 Å². The number of hydrogen-bond donors (Lipinski definition) is 1. The summed E-state index contributed by atoms with van der Waals surface area (Å²) in [7, 11) is 0. The highest BCUT2D eigenvalue weighted by Crippen LogP contribution is 2.24. The van der Waals surface area contributed by atoms with Crippen molar-refractivity contribution in [2.75, 3.05) is 13.2 Å². The molecule has 2 amide bonds. The number of hydrogen-bond acceptors (Lipinski definition) is 4. The number of nitrogens with one attached hydrogen (secondary N) is 1. The Labute approximate surface area is 165 Å². The molecule has 3 rings (SSSR count). The maximum absolute atomic E-state index is 13.3. The van der Waals surface area contributed by atoms with Crippen LogP contribution in [-0.4, -0.2) is 41.0 Å². The van der Waals surface area contributed by atoms with E-state index in [0.29, 0.717) is 13.1 Å². The zero-order chi connectivity index (χ0) is 19.9. The van der Waals surface area contributed by atoms with Gasteiger partial charge in [0.05, 0.1) is 6.04 Å². The zero-order valence-electron chi connectivity index (χ0n) is 16.4. The molecule has 2 aromatic rings. The number of amides is 2. The minimum atomic E-state index is -0.761. The topological polar surface area (TPSA) is 71.5 Å². The number of rotatable bonds is 7. The highest BCUT2D eigenvalue weighted by atomic mass is 16.5. The van der Waals surface area contributed by atoms with E-state index >= 15 is 0 Å². The van der Waals surface area contributed by atoms with E-state index in [4.69, 9.17) is 4.74 Å². The molecule has 0 unspecified atom stereocenters. The smallest absolute Gasteiger partial charge is 0.254 e. The number of carbonyl (C=O) groups is 2. The molecule has 1 aromatic heterocycles. The second-order valence-electron chi connectivity index (χ2n) is 6.99. The second kappa shape index (κ2) is 9.46. The van der Waals surface area contributed by atoms with Gasteiger partial charge >= 0.3 is 0 Å². The first kappa shape index (κ1) is 20.0. The standard InChI is InChI=1S/C22H27N3O3/c1-3-12-25(14-17-9-7-16(4-2)8-10-17)22(27)21-20(24-19(26)15-28-21)18-6-5-11-23-13-18/h5-11,13,20-21H,3-4,12,14-15H2,1-2H3,(H,24,26)/t20-,21+/m1/s1. The van der Waals surface area contributed by atoms with Crippen LogP contribution < -0.4 is 5.32 Å². The first-order valence-electron chi connectivity index (χ1n) is 9.79. The lowest BCUT2D eigenvalue weighted by Gasteiger charge is -2.35. The van der Waals surface area contributed by atoms with Crippen molar-refractivity contribution >= 4 is 11.8 Å². The maximum atomic E-state index is 13.3. The van der Waals surface area contributed by atoms with E-state index in [2.05, 4.69) is 41.5 Å². The molecule has 1 aliphatic rings. The van der Waals surface area contributed by atoms with Crippen LogP contribution >= 0.6 is 0 Å². The van der Waals surface area contributed by atoms with Crippen molar-refractivity contribution in [3.8, 4) is 0 Å². The quantitative estimate of drug-likeness (QED) is 0.800. The van der Waals surface area contributed by atoms with Gasteiger partial charge in [-0.05, 0) is 35.6 Å². The summed E-state index contributed by atoms with van der Waals surface area (Å²) in [5, 5.41) is 2.89. The van der Waals surface area contributed by atoms with E-state index in [9.17, 15) is 9.59 Å². The van der Waals surface area contributed by atoms with Gasteiger partial charge in [-0.1, -0.05) is 44.2 Å². The molecular weight excluding hydrogens is 354 g/mol. The Kier molecular flexibility index (Phi) is 6.76. The van der Waals surface area contributed by atoms with E-state index < -0.39 is 12.1 Å². The molecule has 2 heterocycles. The Morgan fingerprint density at radius 2 is 1.96 bits per heavy atom. The predicted octanol–water partition coefficient (Wildman–Crippen LogP) is 2.64. The minimum absolute atomic E-state index is 0.113. The molecule has 1 N–H and O–H groups in total. The van der Waals surface area contributed by atoms with Crippen molar-refractivity contribution in [3.05, 3.63) is 65.5 Å². The molecule has 1 aromatic carbocycles. The van der Waals surface area contributed by atoms with Gasteiger partial charge in [-0.2, -0.15) is 0 Å². The fraction of sp³-hybridized carbons (Fsp3) is 0.409. The SMILES string of the molecule is CCCN(Cc1ccc(CC)cc1)C(=O)[C@H]1OCC(=O)N[C@@H]1c1cccnc1. The van der Waals surface area contributed by atoms with Crippen LogP contribution in [0.2, 0.25) is 0 Å². The van der Waals surface area contributed by atoms with Crippen molar-refractivity contribution in [3.63, 3.8) is 0 Å². The normalized spacial score (nSPS) is 19.1. The number of ether oxygens (including phenoxy) is 1. The van der Waals surface area contributed by atoms with Crippen LogP contribution in [0.5, 0.6) is 0 Å². The third-order valence-electron chi connectivity index (χ3n) is 4.91. The van der Waals surface area contributed by atoms with Gasteiger partial charge in [0.1, 0.15) is 6.61 Å². The molecule has 6 nitrogen and oxygen atoms in total. The number of carbonyl (C=O) groups excluding carboxylic acids is 2. The Morgan fingerprint density at radius 1 is 1.21 bits per heavy atom. The first-order valence-corrected chi connectivity index (χ1v) is 9.79. The summed E-state index contributed by atoms with van der Waals surface area (Å²) in [6.45, 7) is 5.20. The summed E-state index contributed by atoms with van der Waals surface area (Å²) in [5.74, 6) is -0.342. The first-order chi connectivity index (χ1) is 13.6. The van der Waals surface area contributed by atoms with E-state index in [0.717, 1.165) is 24.0 Å². The molecule has 0 bridgehead atoms. The molecular formula is C22H27N3O3. The van der Waals surface area contributed by atoms with Gasteiger partial charge in [0, 0.05) is 25.5 Å². The minimum Gasteiger partial charge on any atom is -0.356 e. The molecule has 1 saturated heterocycles. The van der Waals surface area contributed by atoms with Crippen molar-refractivity contribution in [1.29, 1.82) is 0 Å². The molecule has 28 heavy (non-hydrogen) atoms. The average Bonchev–Trinajstić information content (AvgIpc) is 2.74. The highest BCUT2D eigenvalue weighted by molar-refractivity contribution is 5.86. The summed E-state index contributed by atoms with van der Waals surface area (Å²) in [4.78, 5) is 31.1. The van der Waals surface area contributed by atoms with Gasteiger partial charge in [-0.3, -0.25) is 14.6 Å². The molecule has 0 radical (unpaired) electrons. The number of benzene rings is 1. The fourth-order valence-electron chi connectivity index (χ4n) is 3.40. The second-order valence-corrected chi connectivity index (χ2v) is 6.99. The summed E-state index contributed by atoms with van der Waals surface area (Å²) in [6, 6.07) is 11.4. The van der Waals surface area contributed by atoms with Crippen LogP contribution in [0.3, 0.4) is 0 Å². The molecule has 0 saturated carbocycles. The van der Waals surface area contributed by atoms with Gasteiger partial charge < -0.3 is 15.0 Å². The Bertz CT molecular complexity index is 792. The summed E-state index contributed by atoms with van der Waals surface area (Å²) in [6.07, 6.45) is 4.39. The fourth-order valence-corrected chi connectivity index (χ4v) is 3.40. The van der Waals surface area contributed by atoms with Crippen molar-refractivity contribution < 1.29 is 14.3 Å². The van der Waals surface area contributed by atoms with Crippen LogP contribution in [0.15, 0.2) is 48.8 Å². The Morgan fingerprint density at radius 3 is 2.61 bits per heavy atom. The third kappa shape index (κ3) is 4.75. The Balaban J connectivity index is 1.80. The Hall–Kier alpha value is -2.73. The number of morpholine rings is 1. The third-order valence-corrected chi connectivity index (χ3v) is 4.91. The lowest BCUT2D eigenvalue weighted by molar-refractivity contribution is -0.155. The summed E-state index contributed by atoms with van der Waals surface area (Å²) >= 11 is 0. The van der Waals surface area contributed by atoms with Gasteiger partial charge in [0.25, 0.3) is 5.91 Å². The molecule has 0 spiro atoms. The maximum Gasteiger partial charge on any atom is 0.254 e. The van der Waals surface area contributed by atoms with Gasteiger partial charge in [-0.25, -0.2) is 0 Å². The summed E-state index contributed by atoms with van der Waals surface area (Å²) in [5.41, 5.74) is 3.11. The number of aromatic nitrogens is 1. The highest BCUT2D eigenvalue weighted by Gasteiger charge is 2.38. The molecule has 148 valence electrons. The van der Waals surface area contributed by atoms with Gasteiger partial charge in [-0.15, -0.1) is 0 Å². The van der Waals surface area contributed by atoms with Crippen LogP contribution in [0.25, 0.3) is 0 Å². The van der Waals surface area contributed by atoms with Crippen LogP contribution in [0, 0.1) is 0 Å². The van der Waals surface area contributed by atoms with Crippen LogP contribution in [0.1, 0.15) is 43.0 Å². The van der Waals surface area contributed by atoms with Crippen LogP contribution in [0.4, 0.5) is 0 Å². The molecule has 1 fully saturated rings. The molecule has 0 aliphatic carbocycles. The van der Waals surface area contributed by atoms with E-state index in [1.54, 1.807) is 18.5 Å². The van der Waals surface area contributed by atoms with Crippen molar-refractivity contribution in [2.24, 2.45) is 0 Å². The van der Waals surface area contributed by atoms with Crippen molar-refractivity contribution in [2.45, 2.75) is 45.4 Å². The zero-order valence-corrected chi connectivity index (χ0v) is 16.4. The molecule has 1 aliphatic heterocycles. The average molecular weight is 381 g/mol. The largest absolute Gasteiger partial charge is 0.356 e.